The molecule has 0 unspecified atom stereocenters. The number of nitrogens with zero attached hydrogens (tertiary/aromatic N) is 1. The molecule has 5 nitrogen and oxygen atoms in total. The molecular formula is C23H18F3N3O2. The van der Waals surface area contributed by atoms with Crippen molar-refractivity contribution in [3.63, 3.8) is 0 Å². The third kappa shape index (κ3) is 4.80. The van der Waals surface area contributed by atoms with Gasteiger partial charge >= 0.3 is 12.4 Å². The van der Waals surface area contributed by atoms with Crippen LogP contribution in [0.15, 0.2) is 79.0 Å². The maximum Gasteiger partial charge on any atom is 0.573 e. The van der Waals surface area contributed by atoms with Crippen LogP contribution in [-0.4, -0.2) is 17.0 Å². The molecule has 0 saturated heterocycles. The molecule has 31 heavy (non-hydrogen) atoms. The van der Waals surface area contributed by atoms with E-state index < -0.39 is 12.4 Å². The van der Waals surface area contributed by atoms with E-state index in [1.165, 1.54) is 12.1 Å². The van der Waals surface area contributed by atoms with Crippen LogP contribution >= 0.6 is 0 Å². The summed E-state index contributed by atoms with van der Waals surface area (Å²) in [5.41, 5.74) is 3.83. The second-order valence-corrected chi connectivity index (χ2v) is 6.90. The molecule has 0 spiro atoms. The quantitative estimate of drug-likeness (QED) is 0.398. The van der Waals surface area contributed by atoms with E-state index >= 15 is 0 Å². The van der Waals surface area contributed by atoms with E-state index in [1.807, 2.05) is 60.3 Å². The number of ether oxygens (including phenoxy) is 1. The fourth-order valence-corrected chi connectivity index (χ4v) is 3.32. The molecule has 0 bridgehead atoms. The Morgan fingerprint density at radius 1 is 0.935 bits per heavy atom. The topological polar surface area (TPSA) is 55.3 Å². The number of nitrogens with one attached hydrogen (secondary N) is 2. The van der Waals surface area contributed by atoms with Crippen molar-refractivity contribution in [3.8, 4) is 16.9 Å². The molecule has 0 radical (unpaired) electrons. The predicted octanol–water partition coefficient (Wildman–Crippen LogP) is 6.39. The summed E-state index contributed by atoms with van der Waals surface area (Å²) < 4.78 is 42.6. The summed E-state index contributed by atoms with van der Waals surface area (Å²) in [5.74, 6) is -0.361. The molecule has 0 atom stereocenters. The number of benzene rings is 3. The Kier molecular flexibility index (Phi) is 5.29. The van der Waals surface area contributed by atoms with Crippen molar-refractivity contribution in [3.05, 3.63) is 79.0 Å². The van der Waals surface area contributed by atoms with Gasteiger partial charge in [-0.15, -0.1) is 13.2 Å². The number of alkyl halides is 3. The van der Waals surface area contributed by atoms with E-state index in [-0.39, 0.29) is 5.75 Å². The number of carbonyl (C=O) groups is 1. The highest BCUT2D eigenvalue weighted by atomic mass is 19.4. The molecule has 2 amide bonds. The van der Waals surface area contributed by atoms with Crippen molar-refractivity contribution >= 4 is 28.3 Å². The van der Waals surface area contributed by atoms with Crippen LogP contribution < -0.4 is 15.4 Å². The Morgan fingerprint density at radius 2 is 1.68 bits per heavy atom. The first-order valence-electron chi connectivity index (χ1n) is 9.37. The number of hydrogen-bond donors (Lipinski definition) is 2. The Balaban J connectivity index is 1.50. The molecule has 4 rings (SSSR count). The molecule has 4 aromatic rings. The van der Waals surface area contributed by atoms with E-state index in [2.05, 4.69) is 15.4 Å². The van der Waals surface area contributed by atoms with Crippen molar-refractivity contribution in [2.75, 3.05) is 10.6 Å². The molecule has 1 heterocycles. The van der Waals surface area contributed by atoms with Crippen LogP contribution in [0, 0.1) is 0 Å². The molecule has 0 saturated carbocycles. The average molecular weight is 425 g/mol. The number of amides is 2. The number of carbonyl (C=O) groups excluding carboxylic acids is 1. The summed E-state index contributed by atoms with van der Waals surface area (Å²) in [6, 6.07) is 19.9. The third-order valence-electron chi connectivity index (χ3n) is 4.72. The SMILES string of the molecule is Cn1ccc2cc(-c3ccccc3NC(=O)Nc3ccc(OC(F)(F)F)cc3)ccc21. The standard InChI is InChI=1S/C23H18F3N3O2/c1-29-13-12-16-14-15(6-11-21(16)29)19-4-2-3-5-20(19)28-22(30)27-17-7-9-18(10-8-17)31-23(24,25)26/h2-14H,1H3,(H2,27,28,30). The van der Waals surface area contributed by atoms with Crippen molar-refractivity contribution < 1.29 is 22.7 Å². The molecule has 0 aliphatic rings. The third-order valence-corrected chi connectivity index (χ3v) is 4.72. The maximum atomic E-state index is 12.5. The number of fused-ring (bicyclic) bond motifs is 1. The monoisotopic (exact) mass is 425 g/mol. The minimum Gasteiger partial charge on any atom is -0.406 e. The van der Waals surface area contributed by atoms with Crippen LogP contribution in [0.2, 0.25) is 0 Å². The summed E-state index contributed by atoms with van der Waals surface area (Å²) in [7, 11) is 1.98. The zero-order chi connectivity index (χ0) is 22.0. The second-order valence-electron chi connectivity index (χ2n) is 6.90. The first-order valence-corrected chi connectivity index (χ1v) is 9.37. The van der Waals surface area contributed by atoms with Crippen molar-refractivity contribution in [2.45, 2.75) is 6.36 Å². The van der Waals surface area contributed by atoms with Gasteiger partial charge in [-0.25, -0.2) is 4.79 Å². The number of halogens is 3. The molecule has 0 aliphatic heterocycles. The molecule has 0 fully saturated rings. The summed E-state index contributed by atoms with van der Waals surface area (Å²) in [5, 5.41) is 6.48. The van der Waals surface area contributed by atoms with Gasteiger partial charge < -0.3 is 19.9 Å². The Hall–Kier alpha value is -3.94. The average Bonchev–Trinajstić information content (AvgIpc) is 3.09. The number of rotatable bonds is 4. The van der Waals surface area contributed by atoms with Gasteiger partial charge in [0.1, 0.15) is 5.75 Å². The normalized spacial score (nSPS) is 11.4. The lowest BCUT2D eigenvalue weighted by atomic mass is 10.0. The zero-order valence-corrected chi connectivity index (χ0v) is 16.4. The van der Waals surface area contributed by atoms with Crippen LogP contribution in [-0.2, 0) is 7.05 Å². The van der Waals surface area contributed by atoms with E-state index in [0.29, 0.717) is 11.4 Å². The Labute approximate surface area is 176 Å². The van der Waals surface area contributed by atoms with Crippen LogP contribution in [0.4, 0.5) is 29.3 Å². The van der Waals surface area contributed by atoms with E-state index in [9.17, 15) is 18.0 Å². The maximum absolute atomic E-state index is 12.5. The van der Waals surface area contributed by atoms with Gasteiger partial charge in [0.25, 0.3) is 0 Å². The Bertz CT molecular complexity index is 1230. The van der Waals surface area contributed by atoms with Gasteiger partial charge in [-0.1, -0.05) is 24.3 Å². The number of aryl methyl sites for hydroxylation is 1. The number of hydrogen-bond acceptors (Lipinski definition) is 2. The van der Waals surface area contributed by atoms with Crippen molar-refractivity contribution in [1.29, 1.82) is 0 Å². The van der Waals surface area contributed by atoms with Gasteiger partial charge in [-0.2, -0.15) is 0 Å². The first-order chi connectivity index (χ1) is 14.8. The van der Waals surface area contributed by atoms with Gasteiger partial charge in [0.2, 0.25) is 0 Å². The molecular weight excluding hydrogens is 407 g/mol. The fraction of sp³-hybridized carbons (Fsp3) is 0.0870. The fourth-order valence-electron chi connectivity index (χ4n) is 3.32. The summed E-state index contributed by atoms with van der Waals surface area (Å²) in [4.78, 5) is 12.5. The predicted molar refractivity (Wildman–Crippen MR) is 114 cm³/mol. The van der Waals surface area contributed by atoms with Gasteiger partial charge in [-0.05, 0) is 54.1 Å². The largest absolute Gasteiger partial charge is 0.573 e. The van der Waals surface area contributed by atoms with Crippen LogP contribution in [0.25, 0.3) is 22.0 Å². The molecule has 0 aliphatic carbocycles. The summed E-state index contributed by atoms with van der Waals surface area (Å²) >= 11 is 0. The number of anilines is 2. The number of urea groups is 1. The highest BCUT2D eigenvalue weighted by Crippen LogP contribution is 2.31. The number of aromatic nitrogens is 1. The minimum atomic E-state index is -4.77. The van der Waals surface area contributed by atoms with E-state index in [4.69, 9.17) is 0 Å². The zero-order valence-electron chi connectivity index (χ0n) is 16.4. The molecule has 3 aromatic carbocycles. The highest BCUT2D eigenvalue weighted by molar-refractivity contribution is 6.02. The smallest absolute Gasteiger partial charge is 0.406 e. The lowest BCUT2D eigenvalue weighted by Crippen LogP contribution is -2.20. The lowest BCUT2D eigenvalue weighted by molar-refractivity contribution is -0.274. The molecule has 2 N–H and O–H groups in total. The van der Waals surface area contributed by atoms with Crippen molar-refractivity contribution in [2.24, 2.45) is 7.05 Å². The van der Waals surface area contributed by atoms with E-state index in [1.54, 1.807) is 6.07 Å². The number of para-hydroxylation sites is 1. The summed E-state index contributed by atoms with van der Waals surface area (Å²) in [6.45, 7) is 0. The van der Waals surface area contributed by atoms with Gasteiger partial charge in [0.05, 0.1) is 5.69 Å². The van der Waals surface area contributed by atoms with Crippen LogP contribution in [0.5, 0.6) is 5.75 Å². The van der Waals surface area contributed by atoms with Crippen LogP contribution in [0.3, 0.4) is 0 Å². The molecule has 1 aromatic heterocycles. The van der Waals surface area contributed by atoms with Gasteiger partial charge in [-0.3, -0.25) is 0 Å². The van der Waals surface area contributed by atoms with Crippen molar-refractivity contribution in [1.82, 2.24) is 4.57 Å². The molecule has 8 heteroatoms. The second kappa shape index (κ2) is 8.06. The van der Waals surface area contributed by atoms with Gasteiger partial charge in [0, 0.05) is 35.4 Å². The van der Waals surface area contributed by atoms with Gasteiger partial charge in [0.15, 0.2) is 0 Å². The minimum absolute atomic E-state index is 0.329. The van der Waals surface area contributed by atoms with E-state index in [0.717, 1.165) is 34.2 Å². The highest BCUT2D eigenvalue weighted by Gasteiger charge is 2.30. The summed E-state index contributed by atoms with van der Waals surface area (Å²) in [6.07, 6.45) is -2.78. The van der Waals surface area contributed by atoms with Crippen LogP contribution in [0.1, 0.15) is 0 Å². The first kappa shape index (κ1) is 20.3. The molecule has 158 valence electrons. The lowest BCUT2D eigenvalue weighted by Gasteiger charge is -2.13. The Morgan fingerprint density at radius 3 is 2.42 bits per heavy atom.